The van der Waals surface area contributed by atoms with Gasteiger partial charge in [-0.3, -0.25) is 4.90 Å². The summed E-state index contributed by atoms with van der Waals surface area (Å²) in [7, 11) is 0. The number of nitrogens with two attached hydrogens (primary N) is 1. The summed E-state index contributed by atoms with van der Waals surface area (Å²) in [5.74, 6) is 0.880. The fourth-order valence-electron chi connectivity index (χ4n) is 7.21. The second kappa shape index (κ2) is 11.0. The smallest absolute Gasteiger partial charge is 0.349 e. The van der Waals surface area contributed by atoms with Crippen molar-refractivity contribution in [3.63, 3.8) is 0 Å². The van der Waals surface area contributed by atoms with Crippen molar-refractivity contribution < 1.29 is 4.79 Å². The molecular weight excluding hydrogens is 504 g/mol. The molecule has 41 heavy (non-hydrogen) atoms. The van der Waals surface area contributed by atoms with Crippen LogP contribution in [0.2, 0.25) is 0 Å². The molecule has 0 bridgehead atoms. The Hall–Kier alpha value is -4.12. The van der Waals surface area contributed by atoms with E-state index < -0.39 is 0 Å². The summed E-state index contributed by atoms with van der Waals surface area (Å²) < 4.78 is 0. The van der Waals surface area contributed by atoms with E-state index in [1.54, 1.807) is 0 Å². The van der Waals surface area contributed by atoms with Crippen molar-refractivity contribution in [3.05, 3.63) is 102 Å². The third-order valence-corrected chi connectivity index (χ3v) is 9.45. The van der Waals surface area contributed by atoms with Gasteiger partial charge in [-0.1, -0.05) is 79.9 Å². The lowest BCUT2D eigenvalue weighted by molar-refractivity contribution is 0.162. The van der Waals surface area contributed by atoms with E-state index in [0.29, 0.717) is 17.5 Å². The number of carbonyl (C=O) groups excluding carboxylic acids is 1. The van der Waals surface area contributed by atoms with Gasteiger partial charge in [0.25, 0.3) is 0 Å². The number of para-hydroxylation sites is 1. The van der Waals surface area contributed by atoms with Crippen LogP contribution in [-0.2, 0) is 0 Å². The second-order valence-electron chi connectivity index (χ2n) is 12.0. The summed E-state index contributed by atoms with van der Waals surface area (Å²) in [5.41, 5.74) is 12.0. The quantitative estimate of drug-likeness (QED) is 0.262. The summed E-state index contributed by atoms with van der Waals surface area (Å²) in [4.78, 5) is 16.4. The molecule has 0 saturated heterocycles. The molecule has 5 heteroatoms. The van der Waals surface area contributed by atoms with Crippen LogP contribution in [0.1, 0.15) is 74.8 Å². The molecule has 0 unspecified atom stereocenters. The Bertz CT molecular complexity index is 1580. The van der Waals surface area contributed by atoms with Crippen LogP contribution < -0.4 is 10.6 Å². The molecule has 4 aromatic rings. The highest BCUT2D eigenvalue weighted by molar-refractivity contribution is 6.13. The van der Waals surface area contributed by atoms with Gasteiger partial charge in [-0.2, -0.15) is 5.10 Å². The molecule has 2 N–H and O–H groups in total. The number of fused-ring (bicyclic) bond motifs is 2. The zero-order chi connectivity index (χ0) is 27.8. The molecule has 208 valence electrons. The van der Waals surface area contributed by atoms with Crippen LogP contribution in [0, 0.1) is 5.92 Å². The Morgan fingerprint density at radius 1 is 0.683 bits per heavy atom. The molecule has 3 aliphatic rings. The highest BCUT2D eigenvalue weighted by Crippen LogP contribution is 2.41. The maximum Gasteiger partial charge on any atom is 0.349 e. The van der Waals surface area contributed by atoms with E-state index in [9.17, 15) is 4.79 Å². The molecule has 2 fully saturated rings. The highest BCUT2D eigenvalue weighted by Gasteiger charge is 2.38. The molecule has 0 atom stereocenters. The number of amides is 2. The molecule has 4 aromatic carbocycles. The van der Waals surface area contributed by atoms with Crippen LogP contribution in [0.3, 0.4) is 0 Å². The number of rotatable bonds is 4. The lowest BCUT2D eigenvalue weighted by Crippen LogP contribution is -2.44. The van der Waals surface area contributed by atoms with Crippen molar-refractivity contribution in [2.75, 3.05) is 10.6 Å². The minimum absolute atomic E-state index is 0.0674. The minimum atomic E-state index is -0.0674. The molecule has 2 saturated carbocycles. The zero-order valence-corrected chi connectivity index (χ0v) is 23.6. The number of nitrogens with zero attached hydrogens (tertiary/aromatic N) is 3. The van der Waals surface area contributed by atoms with E-state index in [0.717, 1.165) is 61.2 Å². The predicted octanol–water partition coefficient (Wildman–Crippen LogP) is 9.01. The van der Waals surface area contributed by atoms with Crippen molar-refractivity contribution in [3.8, 4) is 0 Å². The lowest BCUT2D eigenvalue weighted by atomic mass is 9.81. The van der Waals surface area contributed by atoms with Crippen molar-refractivity contribution >= 4 is 39.6 Å². The van der Waals surface area contributed by atoms with Gasteiger partial charge >= 0.3 is 6.03 Å². The van der Waals surface area contributed by atoms with Crippen LogP contribution in [0.15, 0.2) is 96.1 Å². The Balaban J connectivity index is 1.23. The number of hydrogen-bond acceptors (Lipinski definition) is 3. The number of carbonyl (C=O) groups is 1. The first-order valence-electron chi connectivity index (χ1n) is 15.3. The third-order valence-electron chi connectivity index (χ3n) is 9.45. The number of benzene rings is 4. The van der Waals surface area contributed by atoms with Crippen LogP contribution in [-0.4, -0.2) is 22.8 Å². The summed E-state index contributed by atoms with van der Waals surface area (Å²) in [6.45, 7) is 0. The molecular formula is C36H38N4O. The number of hydrazone groups is 1. The number of urea groups is 1. The normalized spacial score (nSPS) is 21.9. The van der Waals surface area contributed by atoms with E-state index in [1.807, 2.05) is 40.2 Å². The van der Waals surface area contributed by atoms with Crippen molar-refractivity contribution in [2.45, 2.75) is 69.7 Å². The molecule has 2 aliphatic carbocycles. The third kappa shape index (κ3) is 4.99. The van der Waals surface area contributed by atoms with Gasteiger partial charge in [-0.25, -0.2) is 9.80 Å². The van der Waals surface area contributed by atoms with Crippen LogP contribution in [0.5, 0.6) is 0 Å². The van der Waals surface area contributed by atoms with Crippen molar-refractivity contribution in [1.29, 1.82) is 0 Å². The van der Waals surface area contributed by atoms with E-state index in [2.05, 4.69) is 60.7 Å². The SMILES string of the molecule is Nc1ccc(N2C(=O)N([C@H]3CC[C@@H](c4ccc5ccccc5c4)CC3)N=C(C3CCCCC3)c3ccccc32)cc1. The van der Waals surface area contributed by atoms with Gasteiger partial charge in [-0.05, 0) is 91.1 Å². The Morgan fingerprint density at radius 2 is 1.39 bits per heavy atom. The van der Waals surface area contributed by atoms with E-state index >= 15 is 0 Å². The molecule has 0 spiro atoms. The second-order valence-corrected chi connectivity index (χ2v) is 12.0. The first kappa shape index (κ1) is 25.8. The van der Waals surface area contributed by atoms with E-state index in [-0.39, 0.29) is 12.1 Å². The maximum atomic E-state index is 14.5. The molecule has 1 heterocycles. The largest absolute Gasteiger partial charge is 0.399 e. The van der Waals surface area contributed by atoms with Crippen LogP contribution in [0.25, 0.3) is 10.8 Å². The van der Waals surface area contributed by atoms with Gasteiger partial charge in [0.2, 0.25) is 0 Å². The predicted molar refractivity (Wildman–Crippen MR) is 169 cm³/mol. The minimum Gasteiger partial charge on any atom is -0.399 e. The first-order chi connectivity index (χ1) is 20.2. The summed E-state index contributed by atoms with van der Waals surface area (Å²) in [6.07, 6.45) is 9.97. The molecule has 0 radical (unpaired) electrons. The Labute approximate surface area is 242 Å². The topological polar surface area (TPSA) is 61.9 Å². The number of nitrogen functional groups attached to an aromatic ring is 1. The zero-order valence-electron chi connectivity index (χ0n) is 23.6. The van der Waals surface area contributed by atoms with Crippen LogP contribution in [0.4, 0.5) is 21.9 Å². The van der Waals surface area contributed by atoms with Gasteiger partial charge in [-0.15, -0.1) is 0 Å². The van der Waals surface area contributed by atoms with Crippen molar-refractivity contribution in [2.24, 2.45) is 11.0 Å². The number of anilines is 3. The first-order valence-corrected chi connectivity index (χ1v) is 15.3. The van der Waals surface area contributed by atoms with Crippen molar-refractivity contribution in [1.82, 2.24) is 5.01 Å². The fraction of sp³-hybridized carbons (Fsp3) is 0.333. The number of hydrogen-bond donors (Lipinski definition) is 1. The Kier molecular flexibility index (Phi) is 6.95. The lowest BCUT2D eigenvalue weighted by Gasteiger charge is -2.36. The molecule has 0 aromatic heterocycles. The average Bonchev–Trinajstić information content (AvgIpc) is 3.16. The maximum absolute atomic E-state index is 14.5. The Morgan fingerprint density at radius 3 is 2.17 bits per heavy atom. The van der Waals surface area contributed by atoms with E-state index in [1.165, 1.54) is 35.6 Å². The molecule has 7 rings (SSSR count). The summed E-state index contributed by atoms with van der Waals surface area (Å²) >= 11 is 0. The van der Waals surface area contributed by atoms with E-state index in [4.69, 9.17) is 10.8 Å². The summed E-state index contributed by atoms with van der Waals surface area (Å²) in [5, 5.41) is 9.75. The highest BCUT2D eigenvalue weighted by atomic mass is 16.2. The van der Waals surface area contributed by atoms with Gasteiger partial charge < -0.3 is 5.73 Å². The summed E-state index contributed by atoms with van der Waals surface area (Å²) in [6, 6.07) is 31.5. The van der Waals surface area contributed by atoms with Crippen LogP contribution >= 0.6 is 0 Å². The van der Waals surface area contributed by atoms with Gasteiger partial charge in [0.15, 0.2) is 0 Å². The van der Waals surface area contributed by atoms with Gasteiger partial charge in [0, 0.05) is 17.2 Å². The fourth-order valence-corrected chi connectivity index (χ4v) is 7.21. The average molecular weight is 543 g/mol. The molecule has 2 amide bonds. The standard InChI is InChI=1S/C36H38N4O/c37-30-18-22-31(23-19-30)39-34-13-7-6-12-33(34)35(27-9-2-1-3-10-27)38-40(36(39)41)32-20-16-26(17-21-32)29-15-14-25-8-4-5-11-28(25)24-29/h4-8,11-15,18-19,22-24,26-27,32H,1-3,9-10,16-17,20-21,37H2/t26-,32+. The van der Waals surface area contributed by atoms with Gasteiger partial charge in [0.1, 0.15) is 0 Å². The molecule has 1 aliphatic heterocycles. The monoisotopic (exact) mass is 542 g/mol. The van der Waals surface area contributed by atoms with Gasteiger partial charge in [0.05, 0.1) is 23.1 Å². The molecule has 5 nitrogen and oxygen atoms in total.